The molecule has 1 aliphatic carbocycles. The lowest BCUT2D eigenvalue weighted by Gasteiger charge is -2.15. The fourth-order valence-corrected chi connectivity index (χ4v) is 2.48. The van der Waals surface area contributed by atoms with Crippen molar-refractivity contribution in [3.8, 4) is 0 Å². The average Bonchev–Trinajstić information content (AvgIpc) is 2.42. The first-order valence-electron chi connectivity index (χ1n) is 4.34. The van der Waals surface area contributed by atoms with E-state index in [0.29, 0.717) is 6.54 Å². The van der Waals surface area contributed by atoms with E-state index in [1.54, 1.807) is 0 Å². The average molecular weight is 177 g/mol. The summed E-state index contributed by atoms with van der Waals surface area (Å²) >= 11 is 0. The predicted molar refractivity (Wildman–Crippen MR) is 40.0 cm³/mol. The van der Waals surface area contributed by atoms with E-state index in [1.807, 2.05) is 0 Å². The van der Waals surface area contributed by atoms with Gasteiger partial charge in [0.2, 0.25) is 5.92 Å². The molecule has 0 radical (unpaired) electrons. The Labute approximate surface area is 70.0 Å². The first-order valence-corrected chi connectivity index (χ1v) is 4.34. The Morgan fingerprint density at radius 2 is 2.17 bits per heavy atom. The molecule has 1 saturated carbocycles. The SMILES string of the molecule is OC[C@H]1NCC2CC(F)(F)C[C@@H]21. The third-order valence-corrected chi connectivity index (χ3v) is 3.06. The summed E-state index contributed by atoms with van der Waals surface area (Å²) < 4.78 is 25.7. The van der Waals surface area contributed by atoms with Gasteiger partial charge in [0.25, 0.3) is 0 Å². The molecule has 0 aromatic rings. The zero-order valence-corrected chi connectivity index (χ0v) is 6.76. The summed E-state index contributed by atoms with van der Waals surface area (Å²) in [6.07, 6.45) is -0.0446. The van der Waals surface area contributed by atoms with Gasteiger partial charge in [-0.2, -0.15) is 0 Å². The van der Waals surface area contributed by atoms with Gasteiger partial charge in [-0.3, -0.25) is 0 Å². The molecule has 0 aromatic heterocycles. The highest BCUT2D eigenvalue weighted by molar-refractivity contribution is 4.99. The van der Waals surface area contributed by atoms with Gasteiger partial charge in [0.1, 0.15) is 0 Å². The summed E-state index contributed by atoms with van der Waals surface area (Å²) in [6, 6.07) is -0.0941. The summed E-state index contributed by atoms with van der Waals surface area (Å²) in [6.45, 7) is 0.628. The Morgan fingerprint density at radius 3 is 2.83 bits per heavy atom. The van der Waals surface area contributed by atoms with E-state index in [-0.39, 0.29) is 37.3 Å². The maximum Gasteiger partial charge on any atom is 0.248 e. The topological polar surface area (TPSA) is 32.3 Å². The molecule has 70 valence electrons. The third-order valence-electron chi connectivity index (χ3n) is 3.06. The Morgan fingerprint density at radius 1 is 1.42 bits per heavy atom. The van der Waals surface area contributed by atoms with Crippen LogP contribution >= 0.6 is 0 Å². The van der Waals surface area contributed by atoms with E-state index in [1.165, 1.54) is 0 Å². The molecule has 2 aliphatic rings. The maximum absolute atomic E-state index is 12.9. The van der Waals surface area contributed by atoms with Gasteiger partial charge in [-0.25, -0.2) is 8.78 Å². The van der Waals surface area contributed by atoms with Crippen molar-refractivity contribution in [2.45, 2.75) is 24.8 Å². The number of aliphatic hydroxyl groups is 1. The molecule has 0 bridgehead atoms. The molecule has 0 amide bonds. The summed E-state index contributed by atoms with van der Waals surface area (Å²) in [4.78, 5) is 0. The van der Waals surface area contributed by atoms with E-state index in [2.05, 4.69) is 5.32 Å². The fraction of sp³-hybridized carbons (Fsp3) is 1.00. The number of alkyl halides is 2. The van der Waals surface area contributed by atoms with Crippen molar-refractivity contribution in [3.05, 3.63) is 0 Å². The van der Waals surface area contributed by atoms with Crippen LogP contribution in [0.5, 0.6) is 0 Å². The molecule has 0 aromatic carbocycles. The number of halogens is 2. The minimum absolute atomic E-state index is 0.00116. The second-order valence-electron chi connectivity index (χ2n) is 3.89. The molecule has 0 spiro atoms. The molecule has 2 fully saturated rings. The van der Waals surface area contributed by atoms with Gasteiger partial charge in [0.15, 0.2) is 0 Å². The normalized spacial score (nSPS) is 44.8. The third kappa shape index (κ3) is 1.23. The second kappa shape index (κ2) is 2.64. The predicted octanol–water partition coefficient (Wildman–Crippen LogP) is 0.612. The molecule has 2 nitrogen and oxygen atoms in total. The Kier molecular flexibility index (Phi) is 1.84. The van der Waals surface area contributed by atoms with E-state index >= 15 is 0 Å². The molecule has 1 heterocycles. The van der Waals surface area contributed by atoms with Crippen LogP contribution in [0.4, 0.5) is 8.78 Å². The molecule has 4 heteroatoms. The van der Waals surface area contributed by atoms with Gasteiger partial charge in [0.05, 0.1) is 6.61 Å². The summed E-state index contributed by atoms with van der Waals surface area (Å²) in [5.41, 5.74) is 0. The molecular formula is C8H13F2NO. The Balaban J connectivity index is 2.06. The van der Waals surface area contributed by atoms with E-state index in [4.69, 9.17) is 5.11 Å². The molecule has 12 heavy (non-hydrogen) atoms. The first kappa shape index (κ1) is 8.38. The quantitative estimate of drug-likeness (QED) is 0.615. The summed E-state index contributed by atoms with van der Waals surface area (Å²) in [5.74, 6) is -2.41. The molecule has 1 unspecified atom stereocenters. The minimum Gasteiger partial charge on any atom is -0.395 e. The number of nitrogens with one attached hydrogen (secondary N) is 1. The maximum atomic E-state index is 12.9. The number of rotatable bonds is 1. The molecular weight excluding hydrogens is 164 g/mol. The van der Waals surface area contributed by atoms with Gasteiger partial charge in [-0.1, -0.05) is 0 Å². The van der Waals surface area contributed by atoms with Crippen molar-refractivity contribution < 1.29 is 13.9 Å². The van der Waals surface area contributed by atoms with Crippen LogP contribution in [0.25, 0.3) is 0 Å². The highest BCUT2D eigenvalue weighted by atomic mass is 19.3. The van der Waals surface area contributed by atoms with Crippen LogP contribution in [0.2, 0.25) is 0 Å². The van der Waals surface area contributed by atoms with Crippen LogP contribution in [-0.2, 0) is 0 Å². The van der Waals surface area contributed by atoms with E-state index < -0.39 is 5.92 Å². The lowest BCUT2D eigenvalue weighted by molar-refractivity contribution is -0.00159. The van der Waals surface area contributed by atoms with Crippen molar-refractivity contribution in [3.63, 3.8) is 0 Å². The van der Waals surface area contributed by atoms with E-state index in [0.717, 1.165) is 0 Å². The summed E-state index contributed by atoms with van der Waals surface area (Å²) in [7, 11) is 0. The minimum atomic E-state index is -2.48. The molecule has 2 rings (SSSR count). The summed E-state index contributed by atoms with van der Waals surface area (Å²) in [5, 5.41) is 11.9. The van der Waals surface area contributed by atoms with Crippen molar-refractivity contribution in [1.29, 1.82) is 0 Å². The van der Waals surface area contributed by atoms with Crippen LogP contribution in [0.1, 0.15) is 12.8 Å². The Bertz CT molecular complexity index is 186. The highest BCUT2D eigenvalue weighted by Crippen LogP contribution is 2.46. The first-order chi connectivity index (χ1) is 5.62. The van der Waals surface area contributed by atoms with Crippen molar-refractivity contribution >= 4 is 0 Å². The van der Waals surface area contributed by atoms with Crippen LogP contribution < -0.4 is 5.32 Å². The van der Waals surface area contributed by atoms with Gasteiger partial charge < -0.3 is 10.4 Å². The highest BCUT2D eigenvalue weighted by Gasteiger charge is 2.51. The molecule has 2 N–H and O–H groups in total. The zero-order valence-electron chi connectivity index (χ0n) is 6.76. The second-order valence-corrected chi connectivity index (χ2v) is 3.89. The van der Waals surface area contributed by atoms with Gasteiger partial charge in [0, 0.05) is 18.9 Å². The number of hydrogen-bond acceptors (Lipinski definition) is 2. The van der Waals surface area contributed by atoms with Crippen LogP contribution in [0.15, 0.2) is 0 Å². The monoisotopic (exact) mass is 177 g/mol. The standard InChI is InChI=1S/C8H13F2NO/c9-8(10)1-5-3-11-7(4-12)6(5)2-8/h5-7,11-12H,1-4H2/t5?,6-,7+/m0/s1. The van der Waals surface area contributed by atoms with Crippen LogP contribution in [0.3, 0.4) is 0 Å². The lowest BCUT2D eigenvalue weighted by Crippen LogP contribution is -2.32. The van der Waals surface area contributed by atoms with Crippen molar-refractivity contribution in [1.82, 2.24) is 5.32 Å². The van der Waals surface area contributed by atoms with Crippen molar-refractivity contribution in [2.75, 3.05) is 13.2 Å². The lowest BCUT2D eigenvalue weighted by atomic mass is 9.95. The number of aliphatic hydroxyl groups excluding tert-OH is 1. The number of hydrogen-bond donors (Lipinski definition) is 2. The van der Waals surface area contributed by atoms with Gasteiger partial charge >= 0.3 is 0 Å². The van der Waals surface area contributed by atoms with Gasteiger partial charge in [-0.05, 0) is 18.4 Å². The number of fused-ring (bicyclic) bond motifs is 1. The van der Waals surface area contributed by atoms with Crippen LogP contribution in [0, 0.1) is 11.8 Å². The molecule has 3 atom stereocenters. The van der Waals surface area contributed by atoms with Gasteiger partial charge in [-0.15, -0.1) is 0 Å². The van der Waals surface area contributed by atoms with Crippen LogP contribution in [-0.4, -0.2) is 30.2 Å². The molecule has 1 aliphatic heterocycles. The Hall–Kier alpha value is -0.220. The largest absolute Gasteiger partial charge is 0.395 e. The van der Waals surface area contributed by atoms with Crippen molar-refractivity contribution in [2.24, 2.45) is 11.8 Å². The van der Waals surface area contributed by atoms with E-state index in [9.17, 15) is 8.78 Å². The molecule has 1 saturated heterocycles. The fourth-order valence-electron chi connectivity index (χ4n) is 2.48. The zero-order chi connectivity index (χ0) is 8.77. The smallest absolute Gasteiger partial charge is 0.248 e.